The van der Waals surface area contributed by atoms with Gasteiger partial charge in [0.25, 0.3) is 0 Å². The lowest BCUT2D eigenvalue weighted by molar-refractivity contribution is -0.150. The molecule has 118 valence electrons. The van der Waals surface area contributed by atoms with Gasteiger partial charge in [0.2, 0.25) is 0 Å². The highest BCUT2D eigenvalue weighted by Gasteiger charge is 2.40. The molecule has 0 aromatic carbocycles. The van der Waals surface area contributed by atoms with E-state index in [1.54, 1.807) is 6.26 Å². The zero-order valence-electron chi connectivity index (χ0n) is 12.6. The van der Waals surface area contributed by atoms with Crippen LogP contribution >= 0.6 is 0 Å². The van der Waals surface area contributed by atoms with E-state index in [-0.39, 0.29) is 5.60 Å². The minimum atomic E-state index is 0.0287. The maximum absolute atomic E-state index is 6.11. The van der Waals surface area contributed by atoms with Crippen molar-refractivity contribution >= 4 is 0 Å². The minimum absolute atomic E-state index is 0.0287. The Morgan fingerprint density at radius 1 is 1.33 bits per heavy atom. The standard InChI is InChI=1S/C16H26N2O3/c17-18-15(4-3-14-2-1-8-20-14)13-5-9-21-16(12-13)6-10-19-11-7-16/h1-2,8,13,15,18H,3-7,9-12,17H2. The normalized spacial score (nSPS) is 26.8. The fraction of sp³-hybridized carbons (Fsp3) is 0.750. The molecule has 0 amide bonds. The van der Waals surface area contributed by atoms with E-state index >= 15 is 0 Å². The van der Waals surface area contributed by atoms with Crippen molar-refractivity contribution in [2.24, 2.45) is 11.8 Å². The summed E-state index contributed by atoms with van der Waals surface area (Å²) in [5, 5.41) is 0. The molecule has 0 aliphatic carbocycles. The first kappa shape index (κ1) is 15.0. The largest absolute Gasteiger partial charge is 0.469 e. The van der Waals surface area contributed by atoms with Crippen LogP contribution in [0.25, 0.3) is 0 Å². The molecule has 5 heteroatoms. The van der Waals surface area contributed by atoms with Gasteiger partial charge in [-0.1, -0.05) is 0 Å². The van der Waals surface area contributed by atoms with Crippen LogP contribution in [0, 0.1) is 5.92 Å². The minimum Gasteiger partial charge on any atom is -0.469 e. The second kappa shape index (κ2) is 6.92. The maximum atomic E-state index is 6.11. The van der Waals surface area contributed by atoms with Crippen LogP contribution in [0.4, 0.5) is 0 Å². The van der Waals surface area contributed by atoms with E-state index in [0.29, 0.717) is 12.0 Å². The van der Waals surface area contributed by atoms with E-state index in [0.717, 1.165) is 64.1 Å². The highest BCUT2D eigenvalue weighted by molar-refractivity contribution is 4.99. The van der Waals surface area contributed by atoms with Gasteiger partial charge in [-0.3, -0.25) is 11.3 Å². The SMILES string of the molecule is NNC(CCc1ccco1)C1CCOC2(CCOCC2)C1. The molecule has 2 saturated heterocycles. The summed E-state index contributed by atoms with van der Waals surface area (Å²) >= 11 is 0. The molecule has 1 spiro atoms. The zero-order chi connectivity index (χ0) is 14.5. The molecular formula is C16H26N2O3. The topological polar surface area (TPSA) is 69.7 Å². The number of ether oxygens (including phenoxy) is 2. The fourth-order valence-corrected chi connectivity index (χ4v) is 3.71. The highest BCUT2D eigenvalue weighted by Crippen LogP contribution is 2.38. The number of rotatable bonds is 5. The first-order chi connectivity index (χ1) is 10.3. The van der Waals surface area contributed by atoms with Crippen LogP contribution in [0.5, 0.6) is 0 Å². The van der Waals surface area contributed by atoms with Gasteiger partial charge in [0.15, 0.2) is 0 Å². The third kappa shape index (κ3) is 3.66. The van der Waals surface area contributed by atoms with Crippen molar-refractivity contribution in [2.45, 2.75) is 50.2 Å². The fourth-order valence-electron chi connectivity index (χ4n) is 3.71. The molecule has 2 fully saturated rings. The van der Waals surface area contributed by atoms with Crippen molar-refractivity contribution in [1.82, 2.24) is 5.43 Å². The average molecular weight is 294 g/mol. The van der Waals surface area contributed by atoms with Gasteiger partial charge in [-0.15, -0.1) is 0 Å². The van der Waals surface area contributed by atoms with Crippen LogP contribution in [0.2, 0.25) is 0 Å². The number of nitrogens with one attached hydrogen (secondary N) is 1. The van der Waals surface area contributed by atoms with Gasteiger partial charge in [-0.2, -0.15) is 0 Å². The lowest BCUT2D eigenvalue weighted by atomic mass is 9.77. The molecule has 0 radical (unpaired) electrons. The van der Waals surface area contributed by atoms with Gasteiger partial charge in [-0.25, -0.2) is 0 Å². The van der Waals surface area contributed by atoms with Gasteiger partial charge < -0.3 is 13.9 Å². The number of hydrazine groups is 1. The van der Waals surface area contributed by atoms with Crippen molar-refractivity contribution < 1.29 is 13.9 Å². The molecule has 0 bridgehead atoms. The third-order valence-electron chi connectivity index (χ3n) is 5.00. The number of hydrogen-bond donors (Lipinski definition) is 2. The summed E-state index contributed by atoms with van der Waals surface area (Å²) in [5.41, 5.74) is 3.06. The molecule has 2 atom stereocenters. The quantitative estimate of drug-likeness (QED) is 0.642. The molecule has 0 saturated carbocycles. The van der Waals surface area contributed by atoms with Gasteiger partial charge in [0, 0.05) is 32.3 Å². The molecule has 2 aliphatic rings. The summed E-state index contributed by atoms with van der Waals surface area (Å²) in [6, 6.07) is 4.28. The van der Waals surface area contributed by atoms with E-state index < -0.39 is 0 Å². The van der Waals surface area contributed by atoms with Crippen molar-refractivity contribution in [3.63, 3.8) is 0 Å². The van der Waals surface area contributed by atoms with E-state index in [9.17, 15) is 0 Å². The van der Waals surface area contributed by atoms with Crippen LogP contribution in [0.1, 0.15) is 37.9 Å². The smallest absolute Gasteiger partial charge is 0.103 e. The summed E-state index contributed by atoms with van der Waals surface area (Å²) in [4.78, 5) is 0. The van der Waals surface area contributed by atoms with Crippen LogP contribution < -0.4 is 11.3 Å². The lowest BCUT2D eigenvalue weighted by Gasteiger charge is -2.45. The van der Waals surface area contributed by atoms with E-state index in [1.165, 1.54) is 0 Å². The van der Waals surface area contributed by atoms with Crippen molar-refractivity contribution in [1.29, 1.82) is 0 Å². The molecule has 3 heterocycles. The summed E-state index contributed by atoms with van der Waals surface area (Å²) in [5.74, 6) is 7.41. The van der Waals surface area contributed by atoms with E-state index in [4.69, 9.17) is 19.7 Å². The molecule has 5 nitrogen and oxygen atoms in total. The average Bonchev–Trinajstić information content (AvgIpc) is 3.02. The summed E-state index contributed by atoms with van der Waals surface area (Å²) in [6.45, 7) is 2.48. The van der Waals surface area contributed by atoms with Crippen molar-refractivity contribution in [3.8, 4) is 0 Å². The molecule has 21 heavy (non-hydrogen) atoms. The molecule has 2 aliphatic heterocycles. The van der Waals surface area contributed by atoms with Crippen LogP contribution in [-0.4, -0.2) is 31.5 Å². The Labute approximate surface area is 126 Å². The van der Waals surface area contributed by atoms with E-state index in [1.807, 2.05) is 12.1 Å². The Morgan fingerprint density at radius 2 is 2.19 bits per heavy atom. The first-order valence-corrected chi connectivity index (χ1v) is 8.01. The van der Waals surface area contributed by atoms with Crippen molar-refractivity contribution in [2.75, 3.05) is 19.8 Å². The number of furan rings is 1. The molecular weight excluding hydrogens is 268 g/mol. The predicted octanol–water partition coefficient (Wildman–Crippen LogP) is 2.02. The second-order valence-corrected chi connectivity index (χ2v) is 6.29. The molecule has 3 N–H and O–H groups in total. The van der Waals surface area contributed by atoms with Crippen molar-refractivity contribution in [3.05, 3.63) is 24.2 Å². The van der Waals surface area contributed by atoms with Crippen LogP contribution in [0.15, 0.2) is 22.8 Å². The second-order valence-electron chi connectivity index (χ2n) is 6.29. The number of aryl methyl sites for hydroxylation is 1. The van der Waals surface area contributed by atoms with Gasteiger partial charge in [0.05, 0.1) is 11.9 Å². The Bertz CT molecular complexity index is 410. The van der Waals surface area contributed by atoms with Gasteiger partial charge in [-0.05, 0) is 50.2 Å². The summed E-state index contributed by atoms with van der Waals surface area (Å²) in [6.07, 6.45) is 7.85. The number of hydrogen-bond acceptors (Lipinski definition) is 5. The highest BCUT2D eigenvalue weighted by atomic mass is 16.5. The monoisotopic (exact) mass is 294 g/mol. The maximum Gasteiger partial charge on any atom is 0.103 e. The van der Waals surface area contributed by atoms with Gasteiger partial charge in [0.1, 0.15) is 5.76 Å². The Hall–Kier alpha value is -0.880. The van der Waals surface area contributed by atoms with E-state index in [2.05, 4.69) is 5.43 Å². The summed E-state index contributed by atoms with van der Waals surface area (Å²) in [7, 11) is 0. The summed E-state index contributed by atoms with van der Waals surface area (Å²) < 4.78 is 17.0. The molecule has 1 aromatic heterocycles. The zero-order valence-corrected chi connectivity index (χ0v) is 12.6. The Morgan fingerprint density at radius 3 is 2.90 bits per heavy atom. The molecule has 1 aromatic rings. The van der Waals surface area contributed by atoms with Crippen LogP contribution in [0.3, 0.4) is 0 Å². The van der Waals surface area contributed by atoms with Crippen LogP contribution in [-0.2, 0) is 15.9 Å². The number of nitrogens with two attached hydrogens (primary N) is 1. The Balaban J connectivity index is 1.57. The molecule has 3 rings (SSSR count). The first-order valence-electron chi connectivity index (χ1n) is 8.01. The predicted molar refractivity (Wildman–Crippen MR) is 79.6 cm³/mol. The lowest BCUT2D eigenvalue weighted by Crippen LogP contribution is -2.50. The van der Waals surface area contributed by atoms with Gasteiger partial charge >= 0.3 is 0 Å². The third-order valence-corrected chi connectivity index (χ3v) is 5.00. The Kier molecular flexibility index (Phi) is 4.95. The molecule has 2 unspecified atom stereocenters.